The molecule has 0 radical (unpaired) electrons. The summed E-state index contributed by atoms with van der Waals surface area (Å²) >= 11 is 3.44. The van der Waals surface area contributed by atoms with Crippen molar-refractivity contribution in [3.63, 3.8) is 0 Å². The van der Waals surface area contributed by atoms with Gasteiger partial charge in [-0.15, -0.1) is 11.3 Å². The second-order valence-electron chi connectivity index (χ2n) is 5.23. The first-order valence-corrected chi connectivity index (χ1v) is 10.6. The van der Waals surface area contributed by atoms with Crippen LogP contribution in [-0.2, 0) is 10.0 Å². The van der Waals surface area contributed by atoms with Crippen molar-refractivity contribution < 1.29 is 13.2 Å². The van der Waals surface area contributed by atoms with Crippen LogP contribution in [0.25, 0.3) is 11.3 Å². The molecule has 0 aliphatic carbocycles. The van der Waals surface area contributed by atoms with Gasteiger partial charge in [-0.2, -0.15) is 0 Å². The van der Waals surface area contributed by atoms with Crippen LogP contribution in [0.4, 0.5) is 5.13 Å². The zero-order valence-electron chi connectivity index (χ0n) is 13.1. The maximum atomic E-state index is 12.4. The number of nitrogens with zero attached hydrogens (tertiary/aromatic N) is 1. The minimum absolute atomic E-state index is 0.0866. The molecule has 5 nitrogen and oxygen atoms in total. The highest BCUT2D eigenvalue weighted by molar-refractivity contribution is 14.1. The summed E-state index contributed by atoms with van der Waals surface area (Å²) in [4.78, 5) is 15.7. The summed E-state index contributed by atoms with van der Waals surface area (Å²) in [6, 6.07) is 13.6. The number of carbonyl (C=O) groups excluding carboxylic acids is 1. The maximum Gasteiger partial charge on any atom is 0.263 e. The number of benzene rings is 2. The molecular formula is C17H13IN2O3S2. The number of aromatic nitrogens is 1. The van der Waals surface area contributed by atoms with Crippen LogP contribution in [0, 0.1) is 3.57 Å². The SMILES string of the molecule is CC(=O)c1ccc(S(=O)(=O)Nc2nc(-c3ccc(I)cc3)cs2)cc1. The molecule has 0 aliphatic rings. The number of thiazole rings is 1. The number of nitrogens with one attached hydrogen (secondary N) is 1. The van der Waals surface area contributed by atoms with Crippen LogP contribution in [0.3, 0.4) is 0 Å². The van der Waals surface area contributed by atoms with Crippen molar-refractivity contribution in [1.82, 2.24) is 4.98 Å². The lowest BCUT2D eigenvalue weighted by Gasteiger charge is -2.05. The third-order valence-electron chi connectivity index (χ3n) is 3.44. The highest BCUT2D eigenvalue weighted by Crippen LogP contribution is 2.27. The van der Waals surface area contributed by atoms with Crippen molar-refractivity contribution in [1.29, 1.82) is 0 Å². The molecule has 0 saturated heterocycles. The Morgan fingerprint density at radius 1 is 1.08 bits per heavy atom. The topological polar surface area (TPSA) is 76.1 Å². The minimum atomic E-state index is -3.75. The highest BCUT2D eigenvalue weighted by Gasteiger charge is 2.17. The first-order chi connectivity index (χ1) is 11.8. The Morgan fingerprint density at radius 3 is 2.32 bits per heavy atom. The number of sulfonamides is 1. The Balaban J connectivity index is 1.81. The smallest absolute Gasteiger partial charge is 0.263 e. The predicted molar refractivity (Wildman–Crippen MR) is 108 cm³/mol. The van der Waals surface area contributed by atoms with Gasteiger partial charge < -0.3 is 0 Å². The number of hydrogen-bond acceptors (Lipinski definition) is 5. The standard InChI is InChI=1S/C17H13IN2O3S2/c1-11(21)12-4-8-15(9-5-12)25(22,23)20-17-19-16(10-24-17)13-2-6-14(18)7-3-13/h2-10H,1H3,(H,19,20). The fourth-order valence-electron chi connectivity index (χ4n) is 2.12. The van der Waals surface area contributed by atoms with E-state index in [9.17, 15) is 13.2 Å². The molecular weight excluding hydrogens is 471 g/mol. The number of Topliss-reactive ketones (excluding diaryl/α,β-unsaturated/α-hetero) is 1. The van der Waals surface area contributed by atoms with Gasteiger partial charge in [-0.3, -0.25) is 9.52 Å². The van der Waals surface area contributed by atoms with Gasteiger partial charge in [-0.25, -0.2) is 13.4 Å². The van der Waals surface area contributed by atoms with E-state index in [1.54, 1.807) is 5.38 Å². The molecule has 0 atom stereocenters. The molecule has 25 heavy (non-hydrogen) atoms. The Bertz CT molecular complexity index is 1010. The van der Waals surface area contributed by atoms with Gasteiger partial charge in [-0.1, -0.05) is 24.3 Å². The Hall–Kier alpha value is -1.78. The fourth-order valence-corrected chi connectivity index (χ4v) is 4.45. The first-order valence-electron chi connectivity index (χ1n) is 7.20. The summed E-state index contributed by atoms with van der Waals surface area (Å²) in [6.07, 6.45) is 0. The Kier molecular flexibility index (Phi) is 5.21. The molecule has 1 aromatic heterocycles. The van der Waals surface area contributed by atoms with Crippen molar-refractivity contribution in [2.24, 2.45) is 0 Å². The number of carbonyl (C=O) groups is 1. The lowest BCUT2D eigenvalue weighted by molar-refractivity contribution is 0.101. The molecule has 1 N–H and O–H groups in total. The van der Waals surface area contributed by atoms with Gasteiger partial charge in [0.05, 0.1) is 10.6 Å². The van der Waals surface area contributed by atoms with E-state index >= 15 is 0 Å². The molecule has 8 heteroatoms. The Morgan fingerprint density at radius 2 is 1.72 bits per heavy atom. The van der Waals surface area contributed by atoms with E-state index in [0.29, 0.717) is 16.4 Å². The molecule has 0 spiro atoms. The normalized spacial score (nSPS) is 11.3. The quantitative estimate of drug-likeness (QED) is 0.430. The number of hydrogen-bond donors (Lipinski definition) is 1. The van der Waals surface area contributed by atoms with E-state index in [-0.39, 0.29) is 10.7 Å². The van der Waals surface area contributed by atoms with Crippen LogP contribution in [0.5, 0.6) is 0 Å². The van der Waals surface area contributed by atoms with Crippen LogP contribution < -0.4 is 4.72 Å². The van der Waals surface area contributed by atoms with Gasteiger partial charge in [0.25, 0.3) is 10.0 Å². The monoisotopic (exact) mass is 484 g/mol. The van der Waals surface area contributed by atoms with Gasteiger partial charge in [-0.05, 0) is 53.8 Å². The summed E-state index contributed by atoms with van der Waals surface area (Å²) in [6.45, 7) is 1.43. The third-order valence-corrected chi connectivity index (χ3v) is 6.40. The number of halogens is 1. The largest absolute Gasteiger partial charge is 0.295 e. The lowest BCUT2D eigenvalue weighted by atomic mass is 10.2. The van der Waals surface area contributed by atoms with Crippen LogP contribution in [0.2, 0.25) is 0 Å². The molecule has 3 rings (SSSR count). The summed E-state index contributed by atoms with van der Waals surface area (Å²) in [5.41, 5.74) is 2.10. The molecule has 3 aromatic rings. The lowest BCUT2D eigenvalue weighted by Crippen LogP contribution is -2.13. The van der Waals surface area contributed by atoms with Crippen molar-refractivity contribution in [3.05, 3.63) is 63.0 Å². The number of rotatable bonds is 5. The highest BCUT2D eigenvalue weighted by atomic mass is 127. The van der Waals surface area contributed by atoms with Crippen LogP contribution in [0.1, 0.15) is 17.3 Å². The molecule has 0 unspecified atom stereocenters. The molecule has 1 heterocycles. The van der Waals surface area contributed by atoms with Crippen molar-refractivity contribution >= 4 is 54.9 Å². The van der Waals surface area contributed by atoms with E-state index in [4.69, 9.17) is 0 Å². The molecule has 2 aromatic carbocycles. The van der Waals surface area contributed by atoms with E-state index in [2.05, 4.69) is 32.3 Å². The zero-order valence-corrected chi connectivity index (χ0v) is 16.9. The van der Waals surface area contributed by atoms with Gasteiger partial charge in [0.2, 0.25) is 0 Å². The van der Waals surface area contributed by atoms with Crippen LogP contribution >= 0.6 is 33.9 Å². The summed E-state index contributed by atoms with van der Waals surface area (Å²) in [5.74, 6) is -0.112. The van der Waals surface area contributed by atoms with Gasteiger partial charge in [0, 0.05) is 20.1 Å². The predicted octanol–water partition coefficient (Wildman–Crippen LogP) is 4.42. The van der Waals surface area contributed by atoms with E-state index in [1.165, 1.54) is 42.5 Å². The summed E-state index contributed by atoms with van der Waals surface area (Å²) in [5, 5.41) is 2.10. The second kappa shape index (κ2) is 7.22. The molecule has 0 bridgehead atoms. The maximum absolute atomic E-state index is 12.4. The van der Waals surface area contributed by atoms with E-state index < -0.39 is 10.0 Å². The van der Waals surface area contributed by atoms with E-state index in [1.807, 2.05) is 24.3 Å². The third kappa shape index (κ3) is 4.25. The second-order valence-corrected chi connectivity index (χ2v) is 9.02. The summed E-state index contributed by atoms with van der Waals surface area (Å²) < 4.78 is 28.5. The average Bonchev–Trinajstić information content (AvgIpc) is 3.03. The van der Waals surface area contributed by atoms with Crippen LogP contribution in [0.15, 0.2) is 58.8 Å². The Labute approximate surface area is 163 Å². The van der Waals surface area contributed by atoms with Crippen molar-refractivity contribution in [2.45, 2.75) is 11.8 Å². The van der Waals surface area contributed by atoms with Crippen molar-refractivity contribution in [2.75, 3.05) is 4.72 Å². The molecule has 0 amide bonds. The number of anilines is 1. The molecule has 0 fully saturated rings. The number of ketones is 1. The molecule has 128 valence electrons. The van der Waals surface area contributed by atoms with Gasteiger partial charge in [0.15, 0.2) is 10.9 Å². The van der Waals surface area contributed by atoms with Gasteiger partial charge >= 0.3 is 0 Å². The minimum Gasteiger partial charge on any atom is -0.295 e. The molecule has 0 aliphatic heterocycles. The average molecular weight is 484 g/mol. The van der Waals surface area contributed by atoms with Crippen molar-refractivity contribution in [3.8, 4) is 11.3 Å². The van der Waals surface area contributed by atoms with Crippen LogP contribution in [-0.4, -0.2) is 19.2 Å². The van der Waals surface area contributed by atoms with Gasteiger partial charge in [0.1, 0.15) is 0 Å². The molecule has 0 saturated carbocycles. The summed E-state index contributed by atoms with van der Waals surface area (Å²) in [7, 11) is -3.75. The fraction of sp³-hybridized carbons (Fsp3) is 0.0588. The zero-order chi connectivity index (χ0) is 18.0. The first kappa shape index (κ1) is 18.0. The van der Waals surface area contributed by atoms with E-state index in [0.717, 1.165) is 9.13 Å².